The summed E-state index contributed by atoms with van der Waals surface area (Å²) in [4.78, 5) is 1.52. The molecule has 0 spiro atoms. The first kappa shape index (κ1) is 16.0. The summed E-state index contributed by atoms with van der Waals surface area (Å²) < 4.78 is 42.4. The van der Waals surface area contributed by atoms with Gasteiger partial charge in [-0.1, -0.05) is 0 Å². The third kappa shape index (κ3) is 5.22. The highest BCUT2D eigenvalue weighted by Crippen LogP contribution is 2.24. The molecule has 0 aromatic rings. The van der Waals surface area contributed by atoms with E-state index >= 15 is 0 Å². The van der Waals surface area contributed by atoms with Crippen LogP contribution in [0.2, 0.25) is 0 Å². The maximum absolute atomic E-state index is 12.3. The largest absolute Gasteiger partial charge is 0.401 e. The minimum atomic E-state index is -4.07. The molecule has 1 aliphatic heterocycles. The number of hydrogen-bond acceptors (Lipinski definition) is 3. The number of nitrogens with zero attached hydrogens (tertiary/aromatic N) is 1. The maximum atomic E-state index is 12.3. The lowest BCUT2D eigenvalue weighted by atomic mass is 9.92. The van der Waals surface area contributed by atoms with Crippen molar-refractivity contribution in [1.29, 1.82) is 0 Å². The van der Waals surface area contributed by atoms with Crippen LogP contribution in [0.25, 0.3) is 0 Å². The van der Waals surface area contributed by atoms with Crippen molar-refractivity contribution in [2.24, 2.45) is 5.92 Å². The van der Waals surface area contributed by atoms with Gasteiger partial charge in [0.1, 0.15) is 0 Å². The Morgan fingerprint density at radius 2 is 2.05 bits per heavy atom. The molecule has 3 nitrogen and oxygen atoms in total. The maximum Gasteiger partial charge on any atom is 0.401 e. The average molecular weight is 294 g/mol. The first-order chi connectivity index (χ1) is 9.46. The molecule has 1 N–H and O–H groups in total. The minimum absolute atomic E-state index is 0.339. The van der Waals surface area contributed by atoms with Gasteiger partial charge >= 0.3 is 6.18 Å². The SMILES string of the molecule is COC1CCCC(NCC2CCN(CC(F)(F)F)C2)C1. The highest BCUT2D eigenvalue weighted by molar-refractivity contribution is 4.83. The fraction of sp³-hybridized carbons (Fsp3) is 1.00. The Labute approximate surface area is 118 Å². The van der Waals surface area contributed by atoms with E-state index in [1.165, 1.54) is 11.3 Å². The van der Waals surface area contributed by atoms with Gasteiger partial charge in [0.2, 0.25) is 0 Å². The third-order valence-electron chi connectivity index (χ3n) is 4.43. The molecule has 2 aliphatic rings. The van der Waals surface area contributed by atoms with Crippen molar-refractivity contribution in [2.75, 3.05) is 33.3 Å². The molecule has 20 heavy (non-hydrogen) atoms. The number of nitrogens with one attached hydrogen (secondary N) is 1. The van der Waals surface area contributed by atoms with Crippen molar-refractivity contribution in [3.63, 3.8) is 0 Å². The second kappa shape index (κ2) is 7.09. The predicted molar refractivity (Wildman–Crippen MR) is 71.7 cm³/mol. The summed E-state index contributed by atoms with van der Waals surface area (Å²) in [5, 5.41) is 3.52. The summed E-state index contributed by atoms with van der Waals surface area (Å²) in [7, 11) is 1.75. The van der Waals surface area contributed by atoms with Crippen LogP contribution < -0.4 is 5.32 Å². The molecule has 3 atom stereocenters. The molecule has 0 aromatic heterocycles. The molecule has 0 bridgehead atoms. The van der Waals surface area contributed by atoms with E-state index in [1.54, 1.807) is 7.11 Å². The van der Waals surface area contributed by atoms with Crippen LogP contribution >= 0.6 is 0 Å². The van der Waals surface area contributed by atoms with Crippen LogP contribution in [0, 0.1) is 5.92 Å². The Balaban J connectivity index is 1.65. The first-order valence-electron chi connectivity index (χ1n) is 7.51. The number of ether oxygens (including phenoxy) is 1. The minimum Gasteiger partial charge on any atom is -0.381 e. The molecule has 1 heterocycles. The highest BCUT2D eigenvalue weighted by Gasteiger charge is 2.34. The molecule has 0 aromatic carbocycles. The summed E-state index contributed by atoms with van der Waals surface area (Å²) in [5.74, 6) is 0.347. The topological polar surface area (TPSA) is 24.5 Å². The normalized spacial score (nSPS) is 32.7. The lowest BCUT2D eigenvalue weighted by molar-refractivity contribution is -0.143. The zero-order valence-corrected chi connectivity index (χ0v) is 12.1. The van der Waals surface area contributed by atoms with Crippen molar-refractivity contribution in [1.82, 2.24) is 10.2 Å². The number of hydrogen-bond donors (Lipinski definition) is 1. The number of likely N-dealkylation sites (tertiary alicyclic amines) is 1. The van der Waals surface area contributed by atoms with E-state index in [2.05, 4.69) is 5.32 Å². The molecule has 0 amide bonds. The van der Waals surface area contributed by atoms with Crippen molar-refractivity contribution in [3.8, 4) is 0 Å². The van der Waals surface area contributed by atoms with E-state index in [0.717, 1.165) is 32.2 Å². The summed E-state index contributed by atoms with van der Waals surface area (Å²) in [6.45, 7) is 1.19. The van der Waals surface area contributed by atoms with Gasteiger partial charge < -0.3 is 10.1 Å². The molecule has 2 fully saturated rings. The lowest BCUT2D eigenvalue weighted by Crippen LogP contribution is -2.40. The molecule has 118 valence electrons. The van der Waals surface area contributed by atoms with Gasteiger partial charge in [-0.3, -0.25) is 4.90 Å². The molecule has 0 radical (unpaired) electrons. The van der Waals surface area contributed by atoms with Gasteiger partial charge in [-0.05, 0) is 51.1 Å². The zero-order chi connectivity index (χ0) is 14.6. The van der Waals surface area contributed by atoms with Crippen LogP contribution in [0.5, 0.6) is 0 Å². The first-order valence-corrected chi connectivity index (χ1v) is 7.51. The van der Waals surface area contributed by atoms with Crippen LogP contribution in [-0.2, 0) is 4.74 Å². The number of halogens is 3. The van der Waals surface area contributed by atoms with Crippen molar-refractivity contribution in [3.05, 3.63) is 0 Å². The van der Waals surface area contributed by atoms with E-state index in [-0.39, 0.29) is 0 Å². The van der Waals surface area contributed by atoms with E-state index < -0.39 is 12.7 Å². The Morgan fingerprint density at radius 3 is 2.75 bits per heavy atom. The van der Waals surface area contributed by atoms with Gasteiger partial charge in [-0.25, -0.2) is 0 Å². The van der Waals surface area contributed by atoms with Gasteiger partial charge in [0.15, 0.2) is 0 Å². The molecule has 1 saturated carbocycles. The summed E-state index contributed by atoms with van der Waals surface area (Å²) in [5.41, 5.74) is 0. The average Bonchev–Trinajstić information content (AvgIpc) is 2.82. The molecule has 3 unspecified atom stereocenters. The summed E-state index contributed by atoms with van der Waals surface area (Å²) >= 11 is 0. The standard InChI is InChI=1S/C14H25F3N2O/c1-20-13-4-2-3-12(7-13)18-8-11-5-6-19(9-11)10-14(15,16)17/h11-13,18H,2-10H2,1H3. The van der Waals surface area contributed by atoms with E-state index in [9.17, 15) is 13.2 Å². The molecular formula is C14H25F3N2O. The lowest BCUT2D eigenvalue weighted by Gasteiger charge is -2.29. The Hall–Kier alpha value is -0.330. The number of methoxy groups -OCH3 is 1. The molecule has 1 aliphatic carbocycles. The monoisotopic (exact) mass is 294 g/mol. The van der Waals surface area contributed by atoms with E-state index in [1.807, 2.05) is 0 Å². The number of rotatable bonds is 5. The highest BCUT2D eigenvalue weighted by atomic mass is 19.4. The van der Waals surface area contributed by atoms with Gasteiger partial charge in [-0.15, -0.1) is 0 Å². The van der Waals surface area contributed by atoms with Gasteiger partial charge in [0.05, 0.1) is 12.6 Å². The molecular weight excluding hydrogens is 269 g/mol. The fourth-order valence-electron chi connectivity index (χ4n) is 3.35. The number of alkyl halides is 3. The second-order valence-electron chi connectivity index (χ2n) is 6.13. The smallest absolute Gasteiger partial charge is 0.381 e. The van der Waals surface area contributed by atoms with Crippen LogP contribution in [0.1, 0.15) is 32.1 Å². The summed E-state index contributed by atoms with van der Waals surface area (Å²) in [6.07, 6.45) is 1.60. The second-order valence-corrected chi connectivity index (χ2v) is 6.13. The molecule has 2 rings (SSSR count). The fourth-order valence-corrected chi connectivity index (χ4v) is 3.35. The third-order valence-corrected chi connectivity index (χ3v) is 4.43. The Bertz CT molecular complexity index is 299. The van der Waals surface area contributed by atoms with Crippen LogP contribution in [0.4, 0.5) is 13.2 Å². The van der Waals surface area contributed by atoms with Crippen LogP contribution in [0.15, 0.2) is 0 Å². The van der Waals surface area contributed by atoms with Crippen LogP contribution in [0.3, 0.4) is 0 Å². The Kier molecular flexibility index (Phi) is 5.69. The van der Waals surface area contributed by atoms with Gasteiger partial charge in [0, 0.05) is 19.7 Å². The van der Waals surface area contributed by atoms with Crippen molar-refractivity contribution in [2.45, 2.75) is 50.4 Å². The molecule has 6 heteroatoms. The van der Waals surface area contributed by atoms with Crippen molar-refractivity contribution < 1.29 is 17.9 Å². The van der Waals surface area contributed by atoms with E-state index in [0.29, 0.717) is 31.2 Å². The summed E-state index contributed by atoms with van der Waals surface area (Å²) in [6, 6.07) is 0.463. The predicted octanol–water partition coefficient (Wildman–Crippen LogP) is 2.42. The van der Waals surface area contributed by atoms with Gasteiger partial charge in [0.25, 0.3) is 0 Å². The zero-order valence-electron chi connectivity index (χ0n) is 12.1. The van der Waals surface area contributed by atoms with Crippen LogP contribution in [-0.4, -0.2) is 56.5 Å². The van der Waals surface area contributed by atoms with E-state index in [4.69, 9.17) is 4.74 Å². The Morgan fingerprint density at radius 1 is 1.25 bits per heavy atom. The van der Waals surface area contributed by atoms with Gasteiger partial charge in [-0.2, -0.15) is 13.2 Å². The van der Waals surface area contributed by atoms with Crippen molar-refractivity contribution >= 4 is 0 Å². The quantitative estimate of drug-likeness (QED) is 0.843. The molecule has 1 saturated heterocycles.